The van der Waals surface area contributed by atoms with Crippen LogP contribution < -0.4 is 16.4 Å². The van der Waals surface area contributed by atoms with Crippen LogP contribution in [0.4, 0.5) is 11.5 Å². The molecule has 4 N–H and O–H groups in total. The van der Waals surface area contributed by atoms with E-state index in [0.29, 0.717) is 37.6 Å². The van der Waals surface area contributed by atoms with Gasteiger partial charge in [0.2, 0.25) is 5.91 Å². The van der Waals surface area contributed by atoms with Crippen molar-refractivity contribution < 1.29 is 9.53 Å². The van der Waals surface area contributed by atoms with Gasteiger partial charge < -0.3 is 21.1 Å². The quantitative estimate of drug-likeness (QED) is 0.616. The van der Waals surface area contributed by atoms with Crippen molar-refractivity contribution >= 4 is 17.4 Å². The summed E-state index contributed by atoms with van der Waals surface area (Å²) >= 11 is 0. The number of carbonyl (C=O) groups excluding carboxylic acids is 1. The van der Waals surface area contributed by atoms with Crippen LogP contribution in [0.3, 0.4) is 0 Å². The first-order valence-electron chi connectivity index (χ1n) is 5.85. The van der Waals surface area contributed by atoms with Gasteiger partial charge in [-0.25, -0.2) is 4.98 Å². The Morgan fingerprint density at radius 1 is 1.50 bits per heavy atom. The maximum absolute atomic E-state index is 11.4. The number of pyridine rings is 1. The van der Waals surface area contributed by atoms with Crippen LogP contribution in [0.15, 0.2) is 12.3 Å². The number of amides is 1. The summed E-state index contributed by atoms with van der Waals surface area (Å²) in [7, 11) is 1.60. The van der Waals surface area contributed by atoms with E-state index in [1.54, 1.807) is 13.3 Å². The van der Waals surface area contributed by atoms with Gasteiger partial charge in [0.05, 0.1) is 12.3 Å². The number of nitrogens with zero attached hydrogens (tertiary/aromatic N) is 1. The molecule has 1 aromatic rings. The number of nitrogen functional groups attached to an aromatic ring is 1. The van der Waals surface area contributed by atoms with E-state index in [1.165, 1.54) is 0 Å². The van der Waals surface area contributed by atoms with Crippen LogP contribution >= 0.6 is 0 Å². The monoisotopic (exact) mass is 252 g/mol. The number of hydrogen-bond donors (Lipinski definition) is 3. The molecule has 0 aliphatic carbocycles. The Kier molecular flexibility index (Phi) is 5.93. The number of ether oxygens (including phenoxy) is 1. The number of hydrogen-bond acceptors (Lipinski definition) is 5. The molecule has 0 aliphatic rings. The van der Waals surface area contributed by atoms with E-state index in [1.807, 2.05) is 13.0 Å². The van der Waals surface area contributed by atoms with Crippen molar-refractivity contribution in [2.45, 2.75) is 13.3 Å². The Bertz CT molecular complexity index is 396. The fraction of sp³-hybridized carbons (Fsp3) is 0.500. The number of nitrogens with two attached hydrogens (primary N) is 1. The average Bonchev–Trinajstić information content (AvgIpc) is 2.32. The molecule has 18 heavy (non-hydrogen) atoms. The number of methoxy groups -OCH3 is 1. The fourth-order valence-corrected chi connectivity index (χ4v) is 1.41. The largest absolute Gasteiger partial charge is 0.396 e. The summed E-state index contributed by atoms with van der Waals surface area (Å²) in [5, 5.41) is 5.77. The molecule has 0 atom stereocenters. The molecule has 0 unspecified atom stereocenters. The minimum atomic E-state index is -0.0229. The zero-order valence-corrected chi connectivity index (χ0v) is 10.8. The van der Waals surface area contributed by atoms with Crippen LogP contribution in [-0.2, 0) is 9.53 Å². The van der Waals surface area contributed by atoms with Gasteiger partial charge in [0, 0.05) is 32.8 Å². The molecule has 1 amide bonds. The van der Waals surface area contributed by atoms with Gasteiger partial charge in [0.15, 0.2) is 0 Å². The third-order valence-corrected chi connectivity index (χ3v) is 2.33. The standard InChI is InChI=1S/C12H20N4O2/c1-9-7-10(13)12(16-8-9)15-4-3-11(17)14-5-6-18-2/h7-8H,3-6,13H2,1-2H3,(H,14,17)(H,15,16). The van der Waals surface area contributed by atoms with E-state index in [0.717, 1.165) is 5.56 Å². The summed E-state index contributed by atoms with van der Waals surface area (Å²) in [6, 6.07) is 1.84. The van der Waals surface area contributed by atoms with E-state index < -0.39 is 0 Å². The molecule has 0 radical (unpaired) electrons. The first-order chi connectivity index (χ1) is 8.63. The van der Waals surface area contributed by atoms with Crippen molar-refractivity contribution in [3.8, 4) is 0 Å². The lowest BCUT2D eigenvalue weighted by molar-refractivity contribution is -0.121. The molecule has 0 saturated heterocycles. The highest BCUT2D eigenvalue weighted by atomic mass is 16.5. The lowest BCUT2D eigenvalue weighted by Gasteiger charge is -2.09. The Balaban J connectivity index is 2.26. The predicted molar refractivity (Wildman–Crippen MR) is 71.4 cm³/mol. The number of carbonyl (C=O) groups is 1. The van der Waals surface area contributed by atoms with Crippen molar-refractivity contribution in [2.75, 3.05) is 37.9 Å². The lowest BCUT2D eigenvalue weighted by atomic mass is 10.3. The summed E-state index contributed by atoms with van der Waals surface area (Å²) < 4.78 is 4.84. The number of rotatable bonds is 7. The molecular formula is C12H20N4O2. The highest BCUT2D eigenvalue weighted by Crippen LogP contribution is 2.15. The first-order valence-corrected chi connectivity index (χ1v) is 5.85. The second-order valence-corrected chi connectivity index (χ2v) is 3.97. The van der Waals surface area contributed by atoms with Gasteiger partial charge in [-0.3, -0.25) is 4.79 Å². The van der Waals surface area contributed by atoms with Crippen molar-refractivity contribution in [1.82, 2.24) is 10.3 Å². The zero-order valence-electron chi connectivity index (χ0n) is 10.8. The van der Waals surface area contributed by atoms with Crippen molar-refractivity contribution in [2.24, 2.45) is 0 Å². The molecule has 0 aromatic carbocycles. The molecule has 1 aromatic heterocycles. The van der Waals surface area contributed by atoms with E-state index in [4.69, 9.17) is 10.5 Å². The Hall–Kier alpha value is -1.82. The summed E-state index contributed by atoms with van der Waals surface area (Å²) in [4.78, 5) is 15.6. The molecule has 0 saturated carbocycles. The van der Waals surface area contributed by atoms with Crippen molar-refractivity contribution in [3.05, 3.63) is 17.8 Å². The highest BCUT2D eigenvalue weighted by Gasteiger charge is 2.03. The fourth-order valence-electron chi connectivity index (χ4n) is 1.41. The molecular weight excluding hydrogens is 232 g/mol. The molecule has 0 fully saturated rings. The zero-order chi connectivity index (χ0) is 13.4. The maximum atomic E-state index is 11.4. The molecule has 0 aliphatic heterocycles. The predicted octanol–water partition coefficient (Wildman–Crippen LogP) is 0.537. The van der Waals surface area contributed by atoms with Gasteiger partial charge in [-0.2, -0.15) is 0 Å². The molecule has 0 spiro atoms. The van der Waals surface area contributed by atoms with Crippen LogP contribution in [0.25, 0.3) is 0 Å². The normalized spacial score (nSPS) is 10.1. The van der Waals surface area contributed by atoms with Gasteiger partial charge in [0.1, 0.15) is 5.82 Å². The number of nitrogens with one attached hydrogen (secondary N) is 2. The Morgan fingerprint density at radius 3 is 2.94 bits per heavy atom. The summed E-state index contributed by atoms with van der Waals surface area (Å²) in [5.41, 5.74) is 7.40. The second kappa shape index (κ2) is 7.50. The van der Waals surface area contributed by atoms with Gasteiger partial charge in [-0.05, 0) is 18.6 Å². The van der Waals surface area contributed by atoms with E-state index in [-0.39, 0.29) is 5.91 Å². The lowest BCUT2D eigenvalue weighted by Crippen LogP contribution is -2.28. The smallest absolute Gasteiger partial charge is 0.221 e. The van der Waals surface area contributed by atoms with Crippen molar-refractivity contribution in [3.63, 3.8) is 0 Å². The molecule has 6 heteroatoms. The molecule has 1 heterocycles. The van der Waals surface area contributed by atoms with Crippen LogP contribution in [-0.4, -0.2) is 37.7 Å². The minimum Gasteiger partial charge on any atom is -0.396 e. The maximum Gasteiger partial charge on any atom is 0.221 e. The topological polar surface area (TPSA) is 89.3 Å². The van der Waals surface area contributed by atoms with Gasteiger partial charge in [-0.15, -0.1) is 0 Å². The summed E-state index contributed by atoms with van der Waals surface area (Å²) in [5.74, 6) is 0.593. The number of anilines is 2. The molecule has 100 valence electrons. The first kappa shape index (κ1) is 14.2. The van der Waals surface area contributed by atoms with Gasteiger partial charge >= 0.3 is 0 Å². The summed E-state index contributed by atoms with van der Waals surface area (Å²) in [6.07, 6.45) is 2.11. The Labute approximate surface area is 107 Å². The van der Waals surface area contributed by atoms with E-state index >= 15 is 0 Å². The molecule has 1 rings (SSSR count). The second-order valence-electron chi connectivity index (χ2n) is 3.97. The van der Waals surface area contributed by atoms with Crippen molar-refractivity contribution in [1.29, 1.82) is 0 Å². The van der Waals surface area contributed by atoms with Crippen LogP contribution in [0.1, 0.15) is 12.0 Å². The number of aryl methyl sites for hydroxylation is 1. The molecule has 6 nitrogen and oxygen atoms in total. The van der Waals surface area contributed by atoms with E-state index in [2.05, 4.69) is 15.6 Å². The third-order valence-electron chi connectivity index (χ3n) is 2.33. The van der Waals surface area contributed by atoms with Crippen LogP contribution in [0.2, 0.25) is 0 Å². The van der Waals surface area contributed by atoms with Crippen LogP contribution in [0, 0.1) is 6.92 Å². The minimum absolute atomic E-state index is 0.0229. The average molecular weight is 252 g/mol. The number of aromatic nitrogens is 1. The van der Waals surface area contributed by atoms with Gasteiger partial charge in [0.25, 0.3) is 0 Å². The SMILES string of the molecule is COCCNC(=O)CCNc1ncc(C)cc1N. The third kappa shape index (κ3) is 5.01. The van der Waals surface area contributed by atoms with E-state index in [9.17, 15) is 4.79 Å². The Morgan fingerprint density at radius 2 is 2.28 bits per heavy atom. The highest BCUT2D eigenvalue weighted by molar-refractivity contribution is 5.76. The van der Waals surface area contributed by atoms with Crippen LogP contribution in [0.5, 0.6) is 0 Å². The van der Waals surface area contributed by atoms with Gasteiger partial charge in [-0.1, -0.05) is 0 Å². The summed E-state index contributed by atoms with van der Waals surface area (Å²) in [6.45, 7) is 3.47. The molecule has 0 bridgehead atoms.